The summed E-state index contributed by atoms with van der Waals surface area (Å²) < 4.78 is 10.9. The van der Waals surface area contributed by atoms with Gasteiger partial charge >= 0.3 is 0 Å². The van der Waals surface area contributed by atoms with E-state index < -0.39 is 4.92 Å². The Morgan fingerprint density at radius 3 is 3.17 bits per heavy atom. The molecular formula is C11H15N3O4. The van der Waals surface area contributed by atoms with E-state index in [2.05, 4.69) is 10.3 Å². The Kier molecular flexibility index (Phi) is 4.06. The van der Waals surface area contributed by atoms with E-state index in [9.17, 15) is 10.1 Å². The highest BCUT2D eigenvalue weighted by Crippen LogP contribution is 2.20. The van der Waals surface area contributed by atoms with E-state index in [1.165, 1.54) is 6.20 Å². The van der Waals surface area contributed by atoms with Crippen molar-refractivity contribution in [1.29, 1.82) is 0 Å². The maximum absolute atomic E-state index is 10.6. The molecule has 1 aliphatic heterocycles. The smallest absolute Gasteiger partial charge is 0.290 e. The molecule has 1 aromatic rings. The van der Waals surface area contributed by atoms with Crippen molar-refractivity contribution in [3.8, 4) is 5.88 Å². The van der Waals surface area contributed by atoms with Gasteiger partial charge < -0.3 is 14.8 Å². The van der Waals surface area contributed by atoms with Crippen LogP contribution < -0.4 is 10.1 Å². The lowest BCUT2D eigenvalue weighted by molar-refractivity contribution is -0.385. The molecule has 7 nitrogen and oxygen atoms in total. The zero-order valence-electron chi connectivity index (χ0n) is 10.1. The summed E-state index contributed by atoms with van der Waals surface area (Å²) in [7, 11) is 0. The Morgan fingerprint density at radius 1 is 1.72 bits per heavy atom. The molecule has 1 atom stereocenters. The second-order valence-electron chi connectivity index (χ2n) is 4.07. The number of hydrogen-bond donors (Lipinski definition) is 1. The topological polar surface area (TPSA) is 86.5 Å². The lowest BCUT2D eigenvalue weighted by atomic mass is 10.2. The molecule has 0 aliphatic carbocycles. The summed E-state index contributed by atoms with van der Waals surface area (Å²) in [5.41, 5.74) is 0.533. The SMILES string of the molecule is Cc1cc(OCC2CNCCO2)ncc1[N+](=O)[O-]. The van der Waals surface area contributed by atoms with Gasteiger partial charge in [-0.05, 0) is 6.92 Å². The van der Waals surface area contributed by atoms with Crippen LogP contribution in [0.4, 0.5) is 5.69 Å². The molecule has 1 fully saturated rings. The predicted molar refractivity (Wildman–Crippen MR) is 63.7 cm³/mol. The van der Waals surface area contributed by atoms with Crippen molar-refractivity contribution in [2.45, 2.75) is 13.0 Å². The first-order valence-electron chi connectivity index (χ1n) is 5.73. The third-order valence-electron chi connectivity index (χ3n) is 2.68. The summed E-state index contributed by atoms with van der Waals surface area (Å²) in [6.45, 7) is 4.31. The van der Waals surface area contributed by atoms with E-state index in [4.69, 9.17) is 9.47 Å². The number of nitrogens with zero attached hydrogens (tertiary/aromatic N) is 2. The zero-order valence-corrected chi connectivity index (χ0v) is 10.1. The number of rotatable bonds is 4. The first kappa shape index (κ1) is 12.7. The average Bonchev–Trinajstić information content (AvgIpc) is 2.37. The van der Waals surface area contributed by atoms with Gasteiger partial charge in [0.2, 0.25) is 5.88 Å². The molecule has 98 valence electrons. The molecule has 1 unspecified atom stereocenters. The van der Waals surface area contributed by atoms with Crippen LogP contribution in [-0.4, -0.2) is 42.3 Å². The Labute approximate surface area is 104 Å². The van der Waals surface area contributed by atoms with Crippen LogP contribution in [-0.2, 0) is 4.74 Å². The van der Waals surface area contributed by atoms with E-state index >= 15 is 0 Å². The highest BCUT2D eigenvalue weighted by Gasteiger charge is 2.16. The normalized spacial score (nSPS) is 19.5. The zero-order chi connectivity index (χ0) is 13.0. The summed E-state index contributed by atoms with van der Waals surface area (Å²) in [5.74, 6) is 0.382. The molecule has 1 saturated heterocycles. The summed E-state index contributed by atoms with van der Waals surface area (Å²) in [6, 6.07) is 1.56. The van der Waals surface area contributed by atoms with Crippen molar-refractivity contribution >= 4 is 5.69 Å². The number of aromatic nitrogens is 1. The fourth-order valence-corrected chi connectivity index (χ4v) is 1.70. The number of ether oxygens (including phenoxy) is 2. The number of pyridine rings is 1. The predicted octanol–water partition coefficient (Wildman–Crippen LogP) is 0.665. The molecule has 0 aromatic carbocycles. The summed E-state index contributed by atoms with van der Waals surface area (Å²) >= 11 is 0. The number of morpholine rings is 1. The lowest BCUT2D eigenvalue weighted by Gasteiger charge is -2.23. The molecule has 0 bridgehead atoms. The molecule has 0 spiro atoms. The van der Waals surface area contributed by atoms with Crippen molar-refractivity contribution in [2.24, 2.45) is 0 Å². The van der Waals surface area contributed by atoms with Gasteiger partial charge in [-0.3, -0.25) is 10.1 Å². The third kappa shape index (κ3) is 3.14. The molecule has 1 N–H and O–H groups in total. The molecule has 18 heavy (non-hydrogen) atoms. The standard InChI is InChI=1S/C11H15N3O4/c1-8-4-11(13-6-10(8)14(15)16)18-7-9-5-12-2-3-17-9/h4,6,9,12H,2-3,5,7H2,1H3. The van der Waals surface area contributed by atoms with Crippen molar-refractivity contribution in [1.82, 2.24) is 10.3 Å². The molecule has 0 radical (unpaired) electrons. The van der Waals surface area contributed by atoms with Crippen molar-refractivity contribution in [3.63, 3.8) is 0 Å². The van der Waals surface area contributed by atoms with Gasteiger partial charge in [0.05, 0.1) is 11.5 Å². The van der Waals surface area contributed by atoms with E-state index in [1.807, 2.05) is 0 Å². The quantitative estimate of drug-likeness (QED) is 0.626. The maximum Gasteiger partial charge on any atom is 0.290 e. The van der Waals surface area contributed by atoms with Crippen molar-refractivity contribution < 1.29 is 14.4 Å². The summed E-state index contributed by atoms with van der Waals surface area (Å²) in [6.07, 6.45) is 1.21. The Morgan fingerprint density at radius 2 is 2.56 bits per heavy atom. The molecule has 2 rings (SSSR count). The molecule has 1 aliphatic rings. The monoisotopic (exact) mass is 253 g/mol. The third-order valence-corrected chi connectivity index (χ3v) is 2.68. The minimum atomic E-state index is -0.458. The lowest BCUT2D eigenvalue weighted by Crippen LogP contribution is -2.41. The van der Waals surface area contributed by atoms with E-state index in [0.717, 1.165) is 13.1 Å². The minimum absolute atomic E-state index is 0.00191. The van der Waals surface area contributed by atoms with Gasteiger partial charge in [0.1, 0.15) is 18.9 Å². The second kappa shape index (κ2) is 5.74. The van der Waals surface area contributed by atoms with Crippen LogP contribution in [0.25, 0.3) is 0 Å². The van der Waals surface area contributed by atoms with Crippen molar-refractivity contribution in [3.05, 3.63) is 27.9 Å². The van der Waals surface area contributed by atoms with E-state index in [0.29, 0.717) is 24.7 Å². The molecule has 7 heteroatoms. The largest absolute Gasteiger partial charge is 0.475 e. The van der Waals surface area contributed by atoms with Crippen LogP contribution in [0.5, 0.6) is 5.88 Å². The number of nitrogens with one attached hydrogen (secondary N) is 1. The van der Waals surface area contributed by atoms with Crippen LogP contribution in [0.15, 0.2) is 12.3 Å². The van der Waals surface area contributed by atoms with Crippen LogP contribution in [0.1, 0.15) is 5.56 Å². The Bertz CT molecular complexity index is 432. The molecular weight excluding hydrogens is 238 g/mol. The number of nitro groups is 1. The maximum atomic E-state index is 10.6. The highest BCUT2D eigenvalue weighted by molar-refractivity contribution is 5.39. The fraction of sp³-hybridized carbons (Fsp3) is 0.545. The van der Waals surface area contributed by atoms with Gasteiger partial charge in [-0.1, -0.05) is 0 Å². The van der Waals surface area contributed by atoms with Crippen LogP contribution in [0.2, 0.25) is 0 Å². The average molecular weight is 253 g/mol. The Balaban J connectivity index is 1.93. The second-order valence-corrected chi connectivity index (χ2v) is 4.07. The van der Waals surface area contributed by atoms with E-state index in [1.54, 1.807) is 13.0 Å². The minimum Gasteiger partial charge on any atom is -0.475 e. The van der Waals surface area contributed by atoms with E-state index in [-0.39, 0.29) is 11.8 Å². The summed E-state index contributed by atoms with van der Waals surface area (Å²) in [4.78, 5) is 14.1. The van der Waals surface area contributed by atoms with Gasteiger partial charge in [-0.25, -0.2) is 4.98 Å². The summed E-state index contributed by atoms with van der Waals surface area (Å²) in [5, 5.41) is 13.8. The van der Waals surface area contributed by atoms with Crippen molar-refractivity contribution in [2.75, 3.05) is 26.3 Å². The fourth-order valence-electron chi connectivity index (χ4n) is 1.70. The van der Waals surface area contributed by atoms with Gasteiger partial charge in [0, 0.05) is 24.7 Å². The number of hydrogen-bond acceptors (Lipinski definition) is 6. The molecule has 2 heterocycles. The van der Waals surface area contributed by atoms with Gasteiger partial charge in [-0.15, -0.1) is 0 Å². The van der Waals surface area contributed by atoms with Gasteiger partial charge in [0.15, 0.2) is 0 Å². The molecule has 1 aromatic heterocycles. The number of aryl methyl sites for hydroxylation is 1. The van der Waals surface area contributed by atoms with Gasteiger partial charge in [0.25, 0.3) is 5.69 Å². The highest BCUT2D eigenvalue weighted by atomic mass is 16.6. The first-order valence-corrected chi connectivity index (χ1v) is 5.73. The van der Waals surface area contributed by atoms with Crippen LogP contribution in [0.3, 0.4) is 0 Å². The first-order chi connectivity index (χ1) is 8.66. The van der Waals surface area contributed by atoms with Gasteiger partial charge in [-0.2, -0.15) is 0 Å². The molecule has 0 saturated carbocycles. The van der Waals surface area contributed by atoms with Crippen LogP contribution >= 0.6 is 0 Å². The Hall–Kier alpha value is -1.73. The molecule has 0 amide bonds. The van der Waals surface area contributed by atoms with Crippen LogP contribution in [0, 0.1) is 17.0 Å².